The fourth-order valence-corrected chi connectivity index (χ4v) is 2.52. The van der Waals surface area contributed by atoms with Crippen LogP contribution in [0.15, 0.2) is 24.3 Å². The molecule has 0 amide bonds. The van der Waals surface area contributed by atoms with Gasteiger partial charge in [0.15, 0.2) is 0 Å². The van der Waals surface area contributed by atoms with Crippen LogP contribution in [0.2, 0.25) is 0 Å². The molecule has 1 aromatic carbocycles. The van der Waals surface area contributed by atoms with Crippen molar-refractivity contribution in [2.24, 2.45) is 0 Å². The van der Waals surface area contributed by atoms with E-state index < -0.39 is 0 Å². The van der Waals surface area contributed by atoms with Crippen LogP contribution in [0.4, 0.5) is 0 Å². The van der Waals surface area contributed by atoms with E-state index in [9.17, 15) is 0 Å². The first-order chi connectivity index (χ1) is 9.99. The average Bonchev–Trinajstić information content (AvgIpc) is 2.86. The Bertz CT molecular complexity index is 558. The number of nitrogens with zero attached hydrogens (tertiary/aromatic N) is 2. The largest absolute Gasteiger partial charge is 0.430 e. The molecule has 2 rings (SSSR count). The van der Waals surface area contributed by atoms with Gasteiger partial charge < -0.3 is 10.1 Å². The lowest BCUT2D eigenvalue weighted by molar-refractivity contribution is 0.472. The number of benzene rings is 1. The molecule has 2 aromatic rings. The molecule has 0 bridgehead atoms. The van der Waals surface area contributed by atoms with Gasteiger partial charge in [0.05, 0.1) is 0 Å². The summed E-state index contributed by atoms with van der Waals surface area (Å²) in [5.74, 6) is 0.798. The Kier molecular flexibility index (Phi) is 5.31. The van der Waals surface area contributed by atoms with Gasteiger partial charge in [0.2, 0.25) is 0 Å². The number of rotatable bonds is 6. The normalized spacial score (nSPS) is 11.6. The van der Waals surface area contributed by atoms with Gasteiger partial charge in [-0.3, -0.25) is 0 Å². The maximum absolute atomic E-state index is 5.75. The zero-order valence-electron chi connectivity index (χ0n) is 13.1. The number of aromatic nitrogens is 2. The molecule has 0 atom stereocenters. The van der Waals surface area contributed by atoms with Crippen LogP contribution < -0.4 is 10.1 Å². The summed E-state index contributed by atoms with van der Waals surface area (Å²) < 4.78 is 5.75. The van der Waals surface area contributed by atoms with E-state index in [0.29, 0.717) is 5.19 Å². The third-order valence-corrected chi connectivity index (χ3v) is 3.88. The monoisotopic (exact) mass is 305 g/mol. The van der Waals surface area contributed by atoms with Gasteiger partial charge in [0, 0.05) is 6.54 Å². The second-order valence-electron chi connectivity index (χ2n) is 6.01. The summed E-state index contributed by atoms with van der Waals surface area (Å²) in [7, 11) is 0. The summed E-state index contributed by atoms with van der Waals surface area (Å²) in [5.41, 5.74) is 1.44. The lowest BCUT2D eigenvalue weighted by Gasteiger charge is -2.18. The molecule has 21 heavy (non-hydrogen) atoms. The van der Waals surface area contributed by atoms with Crippen LogP contribution in [0.25, 0.3) is 0 Å². The molecule has 0 aliphatic rings. The van der Waals surface area contributed by atoms with Gasteiger partial charge in [-0.05, 0) is 36.1 Å². The molecule has 0 spiro atoms. The van der Waals surface area contributed by atoms with Gasteiger partial charge in [0.1, 0.15) is 10.8 Å². The summed E-state index contributed by atoms with van der Waals surface area (Å²) in [6.45, 7) is 10.5. The maximum Gasteiger partial charge on any atom is 0.299 e. The Labute approximate surface area is 130 Å². The minimum Gasteiger partial charge on any atom is -0.430 e. The van der Waals surface area contributed by atoms with Crippen LogP contribution in [0.5, 0.6) is 10.9 Å². The highest BCUT2D eigenvalue weighted by Gasteiger charge is 2.13. The van der Waals surface area contributed by atoms with Gasteiger partial charge in [-0.15, -0.1) is 5.10 Å². The molecule has 1 N–H and O–H groups in total. The predicted molar refractivity (Wildman–Crippen MR) is 87.1 cm³/mol. The third kappa shape index (κ3) is 4.79. The number of hydrogen-bond acceptors (Lipinski definition) is 5. The van der Waals surface area contributed by atoms with Crippen LogP contribution in [-0.4, -0.2) is 16.7 Å². The highest BCUT2D eigenvalue weighted by atomic mass is 32.1. The van der Waals surface area contributed by atoms with Crippen molar-refractivity contribution in [3.63, 3.8) is 0 Å². The van der Waals surface area contributed by atoms with E-state index in [1.54, 1.807) is 0 Å². The van der Waals surface area contributed by atoms with Crippen LogP contribution in [-0.2, 0) is 12.0 Å². The van der Waals surface area contributed by atoms with Crippen molar-refractivity contribution in [2.75, 3.05) is 6.54 Å². The Morgan fingerprint density at radius 1 is 1.14 bits per heavy atom. The Morgan fingerprint density at radius 3 is 2.48 bits per heavy atom. The van der Waals surface area contributed by atoms with E-state index in [4.69, 9.17) is 4.74 Å². The Morgan fingerprint density at radius 2 is 1.86 bits per heavy atom. The summed E-state index contributed by atoms with van der Waals surface area (Å²) >= 11 is 1.48. The molecule has 1 aromatic heterocycles. The van der Waals surface area contributed by atoms with Crippen LogP contribution in [0.3, 0.4) is 0 Å². The predicted octanol–water partition coefficient (Wildman–Crippen LogP) is 4.13. The molecule has 1 heterocycles. The minimum atomic E-state index is 0.152. The van der Waals surface area contributed by atoms with Gasteiger partial charge in [-0.25, -0.2) is 0 Å². The molecular weight excluding hydrogens is 282 g/mol. The molecule has 4 nitrogen and oxygen atoms in total. The third-order valence-electron chi connectivity index (χ3n) is 3.08. The molecule has 0 fully saturated rings. The topological polar surface area (TPSA) is 47.0 Å². The fourth-order valence-electron chi connectivity index (χ4n) is 1.85. The zero-order valence-corrected chi connectivity index (χ0v) is 14.0. The van der Waals surface area contributed by atoms with E-state index in [1.165, 1.54) is 16.9 Å². The second kappa shape index (κ2) is 7.00. The summed E-state index contributed by atoms with van der Waals surface area (Å²) in [6.07, 6.45) is 1.11. The lowest BCUT2D eigenvalue weighted by Crippen LogP contribution is -2.13. The summed E-state index contributed by atoms with van der Waals surface area (Å²) in [4.78, 5) is 0. The van der Waals surface area contributed by atoms with Crippen molar-refractivity contribution >= 4 is 11.3 Å². The number of hydrogen-bond donors (Lipinski definition) is 1. The standard InChI is InChI=1S/C16H23N3OS/c1-5-10-17-11-14-18-19-15(21-14)20-13-8-6-12(7-9-13)16(2,3)4/h6-9,17H,5,10-11H2,1-4H3. The van der Waals surface area contributed by atoms with Crippen LogP contribution in [0, 0.1) is 0 Å². The fraction of sp³-hybridized carbons (Fsp3) is 0.500. The Hall–Kier alpha value is -1.46. The molecule has 114 valence electrons. The number of nitrogens with one attached hydrogen (secondary N) is 1. The molecule has 0 unspecified atom stereocenters. The van der Waals surface area contributed by atoms with Gasteiger partial charge in [-0.1, -0.05) is 56.3 Å². The molecule has 0 radical (unpaired) electrons. The SMILES string of the molecule is CCCNCc1nnc(Oc2ccc(C(C)(C)C)cc2)s1. The second-order valence-corrected chi connectivity index (χ2v) is 7.04. The van der Waals surface area contributed by atoms with Crippen molar-refractivity contribution in [3.05, 3.63) is 34.8 Å². The lowest BCUT2D eigenvalue weighted by atomic mass is 9.87. The van der Waals surface area contributed by atoms with E-state index in [-0.39, 0.29) is 5.41 Å². The highest BCUT2D eigenvalue weighted by Crippen LogP contribution is 2.28. The smallest absolute Gasteiger partial charge is 0.299 e. The van der Waals surface area contributed by atoms with E-state index in [0.717, 1.165) is 30.3 Å². The summed E-state index contributed by atoms with van der Waals surface area (Å²) in [5, 5.41) is 13.0. The van der Waals surface area contributed by atoms with Crippen LogP contribution >= 0.6 is 11.3 Å². The van der Waals surface area contributed by atoms with Crippen molar-refractivity contribution in [1.82, 2.24) is 15.5 Å². The first-order valence-electron chi connectivity index (χ1n) is 7.30. The van der Waals surface area contributed by atoms with Gasteiger partial charge in [-0.2, -0.15) is 0 Å². The van der Waals surface area contributed by atoms with Gasteiger partial charge in [0.25, 0.3) is 5.19 Å². The first kappa shape index (κ1) is 15.9. The van der Waals surface area contributed by atoms with Crippen molar-refractivity contribution in [1.29, 1.82) is 0 Å². The number of ether oxygens (including phenoxy) is 1. The zero-order chi connectivity index (χ0) is 15.3. The minimum absolute atomic E-state index is 0.152. The molecule has 0 aliphatic carbocycles. The summed E-state index contributed by atoms with van der Waals surface area (Å²) in [6, 6.07) is 8.16. The first-order valence-corrected chi connectivity index (χ1v) is 8.12. The molecule has 0 saturated carbocycles. The van der Waals surface area contributed by atoms with Gasteiger partial charge >= 0.3 is 0 Å². The quantitative estimate of drug-likeness (QED) is 0.815. The van der Waals surface area contributed by atoms with Crippen LogP contribution in [0.1, 0.15) is 44.7 Å². The Balaban J connectivity index is 1.95. The molecule has 5 heteroatoms. The van der Waals surface area contributed by atoms with E-state index in [1.807, 2.05) is 12.1 Å². The molecule has 0 aliphatic heterocycles. The highest BCUT2D eigenvalue weighted by molar-refractivity contribution is 7.13. The van der Waals surface area contributed by atoms with Crippen molar-refractivity contribution in [2.45, 2.75) is 46.1 Å². The average molecular weight is 305 g/mol. The van der Waals surface area contributed by atoms with E-state index in [2.05, 4.69) is 55.3 Å². The molecular formula is C16H23N3OS. The van der Waals surface area contributed by atoms with Crippen molar-refractivity contribution < 1.29 is 4.74 Å². The van der Waals surface area contributed by atoms with Crippen molar-refractivity contribution in [3.8, 4) is 10.9 Å². The van der Waals surface area contributed by atoms with E-state index >= 15 is 0 Å². The molecule has 0 saturated heterocycles. The maximum atomic E-state index is 5.75.